The average Bonchev–Trinajstić information content (AvgIpc) is 2.44. The molecule has 0 aromatic heterocycles. The Bertz CT molecular complexity index is 632. The second kappa shape index (κ2) is 7.21. The Balaban J connectivity index is 2.14. The maximum Gasteiger partial charge on any atom is 0.124 e. The molecule has 2 aromatic rings. The highest BCUT2D eigenvalue weighted by Gasteiger charge is 2.13. The summed E-state index contributed by atoms with van der Waals surface area (Å²) >= 11 is 12.1. The van der Waals surface area contributed by atoms with E-state index in [0.717, 1.165) is 11.1 Å². The number of halogens is 4. The Morgan fingerprint density at radius 2 is 1.52 bits per heavy atom. The van der Waals surface area contributed by atoms with E-state index in [1.807, 2.05) is 7.05 Å². The van der Waals surface area contributed by atoms with Crippen molar-refractivity contribution < 1.29 is 8.78 Å². The molecule has 0 amide bonds. The zero-order chi connectivity index (χ0) is 15.4. The molecular weight excluding hydrogens is 315 g/mol. The Morgan fingerprint density at radius 3 is 2.19 bits per heavy atom. The standard InChI is InChI=1S/C16H15Cl2F2N/c1-21-14(7-10-2-3-13(20)9-16(10)18)8-11-6-12(19)4-5-15(11)17/h2-6,9,14,21H,7-8H2,1H3. The average molecular weight is 330 g/mol. The van der Waals surface area contributed by atoms with E-state index < -0.39 is 0 Å². The van der Waals surface area contributed by atoms with E-state index in [4.69, 9.17) is 23.2 Å². The van der Waals surface area contributed by atoms with E-state index >= 15 is 0 Å². The molecule has 5 heteroatoms. The summed E-state index contributed by atoms with van der Waals surface area (Å²) in [6, 6.07) is 8.66. The van der Waals surface area contributed by atoms with Gasteiger partial charge in [-0.05, 0) is 61.3 Å². The maximum atomic E-state index is 13.3. The number of nitrogens with one attached hydrogen (secondary N) is 1. The van der Waals surface area contributed by atoms with Crippen LogP contribution in [0.3, 0.4) is 0 Å². The van der Waals surface area contributed by atoms with Gasteiger partial charge in [0.2, 0.25) is 0 Å². The monoisotopic (exact) mass is 329 g/mol. The Hall–Kier alpha value is -1.16. The molecule has 1 nitrogen and oxygen atoms in total. The van der Waals surface area contributed by atoms with Crippen molar-refractivity contribution in [2.45, 2.75) is 18.9 Å². The predicted octanol–water partition coefficient (Wildman–Crippen LogP) is 4.64. The molecule has 0 heterocycles. The predicted molar refractivity (Wildman–Crippen MR) is 83.1 cm³/mol. The first-order valence-electron chi connectivity index (χ1n) is 6.54. The number of likely N-dealkylation sites (N-methyl/N-ethyl adjacent to an activating group) is 1. The fraction of sp³-hybridized carbons (Fsp3) is 0.250. The number of hydrogen-bond donors (Lipinski definition) is 1. The van der Waals surface area contributed by atoms with Crippen molar-refractivity contribution in [3.05, 3.63) is 69.2 Å². The van der Waals surface area contributed by atoms with Gasteiger partial charge in [0.05, 0.1) is 0 Å². The molecule has 0 saturated heterocycles. The van der Waals surface area contributed by atoms with Crippen LogP contribution in [0.4, 0.5) is 8.78 Å². The molecule has 0 saturated carbocycles. The number of hydrogen-bond acceptors (Lipinski definition) is 1. The Morgan fingerprint density at radius 1 is 0.905 bits per heavy atom. The van der Waals surface area contributed by atoms with Gasteiger partial charge in [0.1, 0.15) is 11.6 Å². The largest absolute Gasteiger partial charge is 0.316 e. The van der Waals surface area contributed by atoms with Gasteiger partial charge in [-0.3, -0.25) is 0 Å². The molecule has 0 aliphatic carbocycles. The lowest BCUT2D eigenvalue weighted by atomic mass is 9.99. The molecule has 1 unspecified atom stereocenters. The quantitative estimate of drug-likeness (QED) is 0.842. The summed E-state index contributed by atoms with van der Waals surface area (Å²) in [6.45, 7) is 0. The van der Waals surface area contributed by atoms with Crippen molar-refractivity contribution in [2.24, 2.45) is 0 Å². The van der Waals surface area contributed by atoms with Crippen molar-refractivity contribution in [2.75, 3.05) is 7.05 Å². The molecular formula is C16H15Cl2F2N. The van der Waals surface area contributed by atoms with Crippen molar-refractivity contribution in [1.82, 2.24) is 5.32 Å². The molecule has 112 valence electrons. The molecule has 1 N–H and O–H groups in total. The van der Waals surface area contributed by atoms with Crippen LogP contribution in [0.5, 0.6) is 0 Å². The van der Waals surface area contributed by atoms with Gasteiger partial charge < -0.3 is 5.32 Å². The van der Waals surface area contributed by atoms with Gasteiger partial charge in [-0.15, -0.1) is 0 Å². The first kappa shape index (κ1) is 16.2. The highest BCUT2D eigenvalue weighted by molar-refractivity contribution is 6.31. The van der Waals surface area contributed by atoms with Crippen molar-refractivity contribution in [3.63, 3.8) is 0 Å². The number of benzene rings is 2. The van der Waals surface area contributed by atoms with E-state index in [1.165, 1.54) is 24.3 Å². The lowest BCUT2D eigenvalue weighted by Gasteiger charge is -2.18. The highest BCUT2D eigenvalue weighted by atomic mass is 35.5. The second-order valence-electron chi connectivity index (χ2n) is 4.87. The van der Waals surface area contributed by atoms with Crippen LogP contribution in [0, 0.1) is 11.6 Å². The SMILES string of the molecule is CNC(Cc1ccc(F)cc1Cl)Cc1cc(F)ccc1Cl. The molecule has 0 spiro atoms. The van der Waals surface area contributed by atoms with Gasteiger partial charge in [0, 0.05) is 16.1 Å². The van der Waals surface area contributed by atoms with Crippen LogP contribution in [0.1, 0.15) is 11.1 Å². The summed E-state index contributed by atoms with van der Waals surface area (Å²) < 4.78 is 26.3. The molecule has 2 rings (SSSR count). The highest BCUT2D eigenvalue weighted by Crippen LogP contribution is 2.22. The van der Waals surface area contributed by atoms with Crippen molar-refractivity contribution in [1.29, 1.82) is 0 Å². The topological polar surface area (TPSA) is 12.0 Å². The lowest BCUT2D eigenvalue weighted by molar-refractivity contribution is 0.552. The zero-order valence-electron chi connectivity index (χ0n) is 11.5. The zero-order valence-corrected chi connectivity index (χ0v) is 13.0. The molecule has 2 aromatic carbocycles. The summed E-state index contributed by atoms with van der Waals surface area (Å²) in [6.07, 6.45) is 1.16. The minimum Gasteiger partial charge on any atom is -0.316 e. The molecule has 0 fully saturated rings. The van der Waals surface area contributed by atoms with Crippen LogP contribution in [0.15, 0.2) is 36.4 Å². The van der Waals surface area contributed by atoms with E-state index in [0.29, 0.717) is 22.9 Å². The molecule has 0 aliphatic rings. The van der Waals surface area contributed by atoms with Crippen LogP contribution in [-0.4, -0.2) is 13.1 Å². The van der Waals surface area contributed by atoms with Crippen molar-refractivity contribution in [3.8, 4) is 0 Å². The lowest BCUT2D eigenvalue weighted by Crippen LogP contribution is -2.30. The summed E-state index contributed by atoms with van der Waals surface area (Å²) in [5.41, 5.74) is 1.57. The molecule has 0 bridgehead atoms. The first-order valence-corrected chi connectivity index (χ1v) is 7.30. The third-order valence-corrected chi connectivity index (χ3v) is 4.08. The van der Waals surface area contributed by atoms with Crippen LogP contribution in [-0.2, 0) is 12.8 Å². The molecule has 0 radical (unpaired) electrons. The molecule has 21 heavy (non-hydrogen) atoms. The van der Waals surface area contributed by atoms with Crippen LogP contribution >= 0.6 is 23.2 Å². The van der Waals surface area contributed by atoms with Gasteiger partial charge in [-0.2, -0.15) is 0 Å². The second-order valence-corrected chi connectivity index (χ2v) is 5.68. The van der Waals surface area contributed by atoms with Crippen LogP contribution < -0.4 is 5.32 Å². The van der Waals surface area contributed by atoms with Crippen molar-refractivity contribution >= 4 is 23.2 Å². The molecule has 0 aliphatic heterocycles. The summed E-state index contributed by atoms with van der Waals surface area (Å²) in [7, 11) is 1.81. The van der Waals surface area contributed by atoms with E-state index in [1.54, 1.807) is 12.1 Å². The smallest absolute Gasteiger partial charge is 0.124 e. The summed E-state index contributed by atoms with van der Waals surface area (Å²) in [5, 5.41) is 4.07. The summed E-state index contributed by atoms with van der Waals surface area (Å²) in [5.74, 6) is -0.679. The minimum atomic E-state index is -0.363. The van der Waals surface area contributed by atoms with E-state index in [9.17, 15) is 8.78 Å². The van der Waals surface area contributed by atoms with Gasteiger partial charge in [0.25, 0.3) is 0 Å². The van der Waals surface area contributed by atoms with E-state index in [-0.39, 0.29) is 17.7 Å². The summed E-state index contributed by atoms with van der Waals surface area (Å²) in [4.78, 5) is 0. The van der Waals surface area contributed by atoms with Gasteiger partial charge in [-0.25, -0.2) is 8.78 Å². The Labute approximate surface area is 132 Å². The third-order valence-electron chi connectivity index (χ3n) is 3.36. The third kappa shape index (κ3) is 4.40. The minimum absolute atomic E-state index is 0.0206. The number of rotatable bonds is 5. The Kier molecular flexibility index (Phi) is 5.57. The van der Waals surface area contributed by atoms with Crippen LogP contribution in [0.2, 0.25) is 10.0 Å². The molecule has 1 atom stereocenters. The van der Waals surface area contributed by atoms with Gasteiger partial charge >= 0.3 is 0 Å². The fourth-order valence-corrected chi connectivity index (χ4v) is 2.63. The normalized spacial score (nSPS) is 12.4. The first-order chi connectivity index (χ1) is 9.99. The maximum absolute atomic E-state index is 13.3. The van der Waals surface area contributed by atoms with Crippen LogP contribution in [0.25, 0.3) is 0 Å². The fourth-order valence-electron chi connectivity index (χ4n) is 2.19. The van der Waals surface area contributed by atoms with Gasteiger partial charge in [0.15, 0.2) is 0 Å². The van der Waals surface area contributed by atoms with Gasteiger partial charge in [-0.1, -0.05) is 29.3 Å². The van der Waals surface area contributed by atoms with E-state index in [2.05, 4.69) is 5.32 Å².